The zero-order valence-corrected chi connectivity index (χ0v) is 14.6. The van der Waals surface area contributed by atoms with E-state index in [9.17, 15) is 4.79 Å². The molecule has 0 radical (unpaired) electrons. The summed E-state index contributed by atoms with van der Waals surface area (Å²) in [5, 5.41) is 5.84. The first-order valence-electron chi connectivity index (χ1n) is 7.14. The molecule has 0 atom stereocenters. The number of amides is 2. The van der Waals surface area contributed by atoms with Crippen molar-refractivity contribution in [2.75, 3.05) is 21.3 Å². The number of hydrogen-bond donors (Lipinski definition) is 1. The van der Waals surface area contributed by atoms with Crippen molar-refractivity contribution in [2.24, 2.45) is 0 Å². The summed E-state index contributed by atoms with van der Waals surface area (Å²) in [5.74, 6) is 1.40. The number of urea groups is 1. The predicted octanol–water partition coefficient (Wildman–Crippen LogP) is 2.81. The van der Waals surface area contributed by atoms with Gasteiger partial charge in [0.1, 0.15) is 11.5 Å². The van der Waals surface area contributed by atoms with Gasteiger partial charge in [0.15, 0.2) is 0 Å². The highest BCUT2D eigenvalue weighted by molar-refractivity contribution is 7.09. The summed E-state index contributed by atoms with van der Waals surface area (Å²) < 4.78 is 10.5. The molecule has 124 valence electrons. The highest BCUT2D eigenvalue weighted by atomic mass is 32.1. The Morgan fingerprint density at radius 1 is 1.35 bits per heavy atom. The van der Waals surface area contributed by atoms with Crippen LogP contribution in [0.4, 0.5) is 4.79 Å². The van der Waals surface area contributed by atoms with E-state index >= 15 is 0 Å². The average Bonchev–Trinajstić information content (AvgIpc) is 2.97. The van der Waals surface area contributed by atoms with E-state index in [4.69, 9.17) is 9.47 Å². The molecule has 23 heavy (non-hydrogen) atoms. The summed E-state index contributed by atoms with van der Waals surface area (Å²) in [4.78, 5) is 18.1. The van der Waals surface area contributed by atoms with Gasteiger partial charge in [-0.2, -0.15) is 0 Å². The smallest absolute Gasteiger partial charge is 0.317 e. The van der Waals surface area contributed by atoms with Crippen molar-refractivity contribution < 1.29 is 14.3 Å². The molecule has 0 bridgehead atoms. The number of benzene rings is 1. The van der Waals surface area contributed by atoms with Crippen LogP contribution in [0.1, 0.15) is 16.3 Å². The first kappa shape index (κ1) is 17.1. The number of nitrogens with one attached hydrogen (secondary N) is 1. The van der Waals surface area contributed by atoms with Gasteiger partial charge in [0, 0.05) is 30.6 Å². The van der Waals surface area contributed by atoms with Crippen molar-refractivity contribution >= 4 is 17.4 Å². The molecule has 0 fully saturated rings. The molecule has 2 rings (SSSR count). The first-order valence-corrected chi connectivity index (χ1v) is 8.02. The van der Waals surface area contributed by atoms with Crippen LogP contribution in [0.25, 0.3) is 0 Å². The molecule has 0 unspecified atom stereocenters. The summed E-state index contributed by atoms with van der Waals surface area (Å²) in [6.45, 7) is 2.81. The first-order chi connectivity index (χ1) is 11.0. The molecule has 2 amide bonds. The SMILES string of the molecule is COc1ccc(CNC(=O)N(C)Cc2csc(C)n2)c(OC)c1. The molecule has 0 aliphatic carbocycles. The van der Waals surface area contributed by atoms with E-state index in [2.05, 4.69) is 10.3 Å². The van der Waals surface area contributed by atoms with Gasteiger partial charge in [-0.3, -0.25) is 0 Å². The lowest BCUT2D eigenvalue weighted by Gasteiger charge is -2.17. The number of carbonyl (C=O) groups is 1. The molecule has 7 heteroatoms. The number of aryl methyl sites for hydroxylation is 1. The molecule has 2 aromatic rings. The second-order valence-corrected chi connectivity index (χ2v) is 6.11. The number of carbonyl (C=O) groups excluding carboxylic acids is 1. The molecule has 1 N–H and O–H groups in total. The largest absolute Gasteiger partial charge is 0.497 e. The fourth-order valence-corrected chi connectivity index (χ4v) is 2.70. The van der Waals surface area contributed by atoms with E-state index < -0.39 is 0 Å². The standard InChI is InChI=1S/C16H21N3O3S/c1-11-18-13(10-23-11)9-19(2)16(20)17-8-12-5-6-14(21-3)7-15(12)22-4/h5-7,10H,8-9H2,1-4H3,(H,17,20). The fraction of sp³-hybridized carbons (Fsp3) is 0.375. The summed E-state index contributed by atoms with van der Waals surface area (Å²) >= 11 is 1.58. The van der Waals surface area contributed by atoms with Crippen LogP contribution < -0.4 is 14.8 Å². The molecule has 0 saturated heterocycles. The minimum atomic E-state index is -0.159. The Kier molecular flexibility index (Phi) is 5.81. The number of nitrogens with zero attached hydrogens (tertiary/aromatic N) is 2. The van der Waals surface area contributed by atoms with Gasteiger partial charge in [-0.1, -0.05) is 0 Å². The Labute approximate surface area is 140 Å². The van der Waals surface area contributed by atoms with Gasteiger partial charge in [0.05, 0.1) is 31.5 Å². The number of hydrogen-bond acceptors (Lipinski definition) is 5. The van der Waals surface area contributed by atoms with Crippen molar-refractivity contribution in [3.8, 4) is 11.5 Å². The second kappa shape index (κ2) is 7.82. The van der Waals surface area contributed by atoms with Crippen LogP contribution in [0.3, 0.4) is 0 Å². The third kappa shape index (κ3) is 4.59. The lowest BCUT2D eigenvalue weighted by Crippen LogP contribution is -2.36. The average molecular weight is 335 g/mol. The quantitative estimate of drug-likeness (QED) is 0.882. The van der Waals surface area contributed by atoms with Crippen LogP contribution in [-0.4, -0.2) is 37.2 Å². The van der Waals surface area contributed by atoms with Gasteiger partial charge >= 0.3 is 6.03 Å². The molecule has 1 aromatic carbocycles. The van der Waals surface area contributed by atoms with Crippen LogP contribution in [-0.2, 0) is 13.1 Å². The van der Waals surface area contributed by atoms with Gasteiger partial charge < -0.3 is 19.7 Å². The Bertz CT molecular complexity index is 672. The highest BCUT2D eigenvalue weighted by Gasteiger charge is 2.12. The van der Waals surface area contributed by atoms with Gasteiger partial charge in [-0.05, 0) is 19.1 Å². The molecule has 0 saturated carbocycles. The van der Waals surface area contributed by atoms with Crippen LogP contribution >= 0.6 is 11.3 Å². The maximum atomic E-state index is 12.2. The van der Waals surface area contributed by atoms with Crippen molar-refractivity contribution in [1.29, 1.82) is 0 Å². The maximum absolute atomic E-state index is 12.2. The monoisotopic (exact) mass is 335 g/mol. The topological polar surface area (TPSA) is 63.7 Å². The van der Waals surface area contributed by atoms with Crippen molar-refractivity contribution in [3.05, 3.63) is 39.8 Å². The number of rotatable bonds is 6. The molecule has 0 spiro atoms. The minimum absolute atomic E-state index is 0.159. The molecule has 1 heterocycles. The predicted molar refractivity (Wildman–Crippen MR) is 90.1 cm³/mol. The van der Waals surface area contributed by atoms with E-state index in [-0.39, 0.29) is 6.03 Å². The van der Waals surface area contributed by atoms with E-state index in [1.54, 1.807) is 43.6 Å². The van der Waals surface area contributed by atoms with E-state index in [1.165, 1.54) is 0 Å². The van der Waals surface area contributed by atoms with E-state index in [1.807, 2.05) is 24.4 Å². The molecular weight excluding hydrogens is 314 g/mol. The van der Waals surface area contributed by atoms with Crippen LogP contribution in [0.2, 0.25) is 0 Å². The molecule has 1 aromatic heterocycles. The van der Waals surface area contributed by atoms with Gasteiger partial charge in [-0.25, -0.2) is 9.78 Å². The zero-order valence-electron chi connectivity index (χ0n) is 13.8. The van der Waals surface area contributed by atoms with Gasteiger partial charge in [0.25, 0.3) is 0 Å². The van der Waals surface area contributed by atoms with Crippen molar-refractivity contribution in [1.82, 2.24) is 15.2 Å². The maximum Gasteiger partial charge on any atom is 0.317 e. The van der Waals surface area contributed by atoms with Crippen LogP contribution in [0, 0.1) is 6.92 Å². The Morgan fingerprint density at radius 3 is 2.74 bits per heavy atom. The summed E-state index contributed by atoms with van der Waals surface area (Å²) in [6, 6.07) is 5.35. The molecular formula is C16H21N3O3S. The normalized spacial score (nSPS) is 10.3. The van der Waals surface area contributed by atoms with E-state index in [0.29, 0.717) is 24.6 Å². The third-order valence-corrected chi connectivity index (χ3v) is 4.16. The second-order valence-electron chi connectivity index (χ2n) is 5.05. The fourth-order valence-electron chi connectivity index (χ4n) is 2.10. The molecule has 0 aliphatic heterocycles. The van der Waals surface area contributed by atoms with Gasteiger partial charge in [-0.15, -0.1) is 11.3 Å². The van der Waals surface area contributed by atoms with Crippen LogP contribution in [0.15, 0.2) is 23.6 Å². The van der Waals surface area contributed by atoms with Crippen LogP contribution in [0.5, 0.6) is 11.5 Å². The highest BCUT2D eigenvalue weighted by Crippen LogP contribution is 2.24. The number of methoxy groups -OCH3 is 2. The van der Waals surface area contributed by atoms with Crippen molar-refractivity contribution in [2.45, 2.75) is 20.0 Å². The molecule has 6 nitrogen and oxygen atoms in total. The summed E-state index contributed by atoms with van der Waals surface area (Å²) in [5.41, 5.74) is 1.78. The Balaban J connectivity index is 1.93. The molecule has 0 aliphatic rings. The van der Waals surface area contributed by atoms with Gasteiger partial charge in [0.2, 0.25) is 0 Å². The Morgan fingerprint density at radius 2 is 2.13 bits per heavy atom. The lowest BCUT2D eigenvalue weighted by molar-refractivity contribution is 0.206. The van der Waals surface area contributed by atoms with E-state index in [0.717, 1.165) is 16.3 Å². The third-order valence-electron chi connectivity index (χ3n) is 3.34. The summed E-state index contributed by atoms with van der Waals surface area (Å²) in [7, 11) is 4.94. The zero-order chi connectivity index (χ0) is 16.8. The number of aromatic nitrogens is 1. The number of thiazole rings is 1. The number of ether oxygens (including phenoxy) is 2. The Hall–Kier alpha value is -2.28. The lowest BCUT2D eigenvalue weighted by atomic mass is 10.2. The minimum Gasteiger partial charge on any atom is -0.497 e. The summed E-state index contributed by atoms with van der Waals surface area (Å²) in [6.07, 6.45) is 0. The van der Waals surface area contributed by atoms with Crippen molar-refractivity contribution in [3.63, 3.8) is 0 Å².